The summed E-state index contributed by atoms with van der Waals surface area (Å²) in [5, 5.41) is 3.76. The van der Waals surface area contributed by atoms with E-state index in [1.807, 2.05) is 6.92 Å². The maximum absolute atomic E-state index is 13.4. The number of nitrogens with zero attached hydrogens (tertiary/aromatic N) is 1. The molecule has 0 aliphatic rings. The number of hydrogen-bond acceptors (Lipinski definition) is 4. The van der Waals surface area contributed by atoms with Gasteiger partial charge in [-0.25, -0.2) is 0 Å². The van der Waals surface area contributed by atoms with Crippen molar-refractivity contribution in [3.05, 3.63) is 58.2 Å². The number of hydrogen-bond donors (Lipinski definition) is 1. The Balaban J connectivity index is 2.04. The molecule has 3 aromatic rings. The fraction of sp³-hybridized carbons (Fsp3) is 0.333. The molecule has 0 saturated carbocycles. The van der Waals surface area contributed by atoms with E-state index in [0.29, 0.717) is 34.5 Å². The quantitative estimate of drug-likeness (QED) is 0.409. The smallest absolute Gasteiger partial charge is 0.495 e. The molecular formula is C24H24ClF3N2O4. The highest BCUT2D eigenvalue weighted by Crippen LogP contribution is 2.35. The highest BCUT2D eigenvalue weighted by molar-refractivity contribution is 6.33. The van der Waals surface area contributed by atoms with E-state index in [2.05, 4.69) is 10.1 Å². The first-order valence-corrected chi connectivity index (χ1v) is 11.0. The fourth-order valence-electron chi connectivity index (χ4n) is 3.68. The molecule has 1 N–H and O–H groups in total. The number of methoxy groups -OCH3 is 1. The lowest BCUT2D eigenvalue weighted by atomic mass is 10.1. The summed E-state index contributed by atoms with van der Waals surface area (Å²) < 4.78 is 47.9. The van der Waals surface area contributed by atoms with Crippen molar-refractivity contribution in [1.82, 2.24) is 9.88 Å². The lowest BCUT2D eigenvalue weighted by molar-refractivity contribution is -0.274. The maximum Gasteiger partial charge on any atom is 0.573 e. The van der Waals surface area contributed by atoms with Crippen LogP contribution in [-0.4, -0.2) is 36.4 Å². The number of alkyl halides is 3. The Kier molecular flexibility index (Phi) is 7.76. The van der Waals surface area contributed by atoms with E-state index in [1.165, 1.54) is 23.8 Å². The summed E-state index contributed by atoms with van der Waals surface area (Å²) >= 11 is 6.31. The maximum atomic E-state index is 13.4. The third-order valence-corrected chi connectivity index (χ3v) is 5.63. The van der Waals surface area contributed by atoms with Crippen LogP contribution in [0.25, 0.3) is 10.9 Å². The zero-order valence-electron chi connectivity index (χ0n) is 18.9. The van der Waals surface area contributed by atoms with E-state index in [1.54, 1.807) is 19.1 Å². The molecule has 182 valence electrons. The lowest BCUT2D eigenvalue weighted by Crippen LogP contribution is -2.26. The van der Waals surface area contributed by atoms with E-state index in [-0.39, 0.29) is 22.9 Å². The summed E-state index contributed by atoms with van der Waals surface area (Å²) in [7, 11) is 1.46. The minimum absolute atomic E-state index is 0.0372. The van der Waals surface area contributed by atoms with Gasteiger partial charge in [0, 0.05) is 23.2 Å². The van der Waals surface area contributed by atoms with Gasteiger partial charge >= 0.3 is 6.36 Å². The van der Waals surface area contributed by atoms with Gasteiger partial charge in [-0.15, -0.1) is 13.2 Å². The number of rotatable bonds is 8. The van der Waals surface area contributed by atoms with Crippen molar-refractivity contribution in [2.75, 3.05) is 13.7 Å². The van der Waals surface area contributed by atoms with Gasteiger partial charge in [0.15, 0.2) is 0 Å². The summed E-state index contributed by atoms with van der Waals surface area (Å²) in [5.41, 5.74) is 1.75. The number of unbranched alkanes of at least 4 members (excludes halogenated alkanes) is 1. The van der Waals surface area contributed by atoms with Gasteiger partial charge < -0.3 is 14.8 Å². The standard InChI is InChI=1S/C24H24ClF3N2O4/c1-4-5-10-29-22(31)12-17-14(2)30(20-13-19(25)21(33-3)11-18(17)20)23(32)15-6-8-16(9-7-15)34-24(26,27)28/h6-9,11,13H,4-5,10,12H2,1-3H3,(H,29,31). The van der Waals surface area contributed by atoms with E-state index < -0.39 is 18.0 Å². The molecule has 0 aliphatic heterocycles. The Hall–Kier alpha value is -3.20. The average molecular weight is 497 g/mol. The fourth-order valence-corrected chi connectivity index (χ4v) is 3.91. The van der Waals surface area contributed by atoms with Crippen molar-refractivity contribution >= 4 is 34.3 Å². The van der Waals surface area contributed by atoms with E-state index in [9.17, 15) is 22.8 Å². The molecule has 0 saturated heterocycles. The van der Waals surface area contributed by atoms with Gasteiger partial charge in [-0.3, -0.25) is 14.2 Å². The first kappa shape index (κ1) is 25.4. The van der Waals surface area contributed by atoms with Gasteiger partial charge in [-0.1, -0.05) is 24.9 Å². The molecular weight excluding hydrogens is 473 g/mol. The number of halogens is 4. The van der Waals surface area contributed by atoms with E-state index >= 15 is 0 Å². The SMILES string of the molecule is CCCCNC(=O)Cc1c(C)n(C(=O)c2ccc(OC(F)(F)F)cc2)c2cc(Cl)c(OC)cc12. The third-order valence-electron chi connectivity index (χ3n) is 5.34. The Morgan fingerprint density at radius 3 is 2.41 bits per heavy atom. The van der Waals surface area contributed by atoms with Gasteiger partial charge in [0.05, 0.1) is 24.1 Å². The molecule has 34 heavy (non-hydrogen) atoms. The molecule has 1 amide bonds. The molecule has 1 aromatic heterocycles. The van der Waals surface area contributed by atoms with Gasteiger partial charge in [0.1, 0.15) is 11.5 Å². The highest BCUT2D eigenvalue weighted by atomic mass is 35.5. The largest absolute Gasteiger partial charge is 0.573 e. The van der Waals surface area contributed by atoms with Crippen molar-refractivity contribution in [3.8, 4) is 11.5 Å². The topological polar surface area (TPSA) is 69.6 Å². The normalized spacial score (nSPS) is 11.5. The summed E-state index contributed by atoms with van der Waals surface area (Å²) in [5.74, 6) is -0.721. The lowest BCUT2D eigenvalue weighted by Gasteiger charge is -2.11. The number of benzene rings is 2. The zero-order valence-corrected chi connectivity index (χ0v) is 19.6. The number of nitrogens with one attached hydrogen (secondary N) is 1. The molecule has 0 fully saturated rings. The molecule has 0 aliphatic carbocycles. The second-order valence-corrected chi connectivity index (χ2v) is 8.07. The molecule has 2 aromatic carbocycles. The van der Waals surface area contributed by atoms with Gasteiger partial charge in [-0.05, 0) is 55.3 Å². The summed E-state index contributed by atoms with van der Waals surface area (Å²) in [6.45, 7) is 4.27. The van der Waals surface area contributed by atoms with Gasteiger partial charge in [0.2, 0.25) is 5.91 Å². The predicted molar refractivity (Wildman–Crippen MR) is 123 cm³/mol. The van der Waals surface area contributed by atoms with Crippen LogP contribution in [0.5, 0.6) is 11.5 Å². The van der Waals surface area contributed by atoms with Crippen molar-refractivity contribution in [2.45, 2.75) is 39.5 Å². The number of ether oxygens (including phenoxy) is 2. The minimum Gasteiger partial charge on any atom is -0.495 e. The average Bonchev–Trinajstić information content (AvgIpc) is 3.02. The van der Waals surface area contributed by atoms with Crippen LogP contribution in [0, 0.1) is 6.92 Å². The molecule has 0 atom stereocenters. The molecule has 0 unspecified atom stereocenters. The predicted octanol–water partition coefficient (Wildman–Crippen LogP) is 5.66. The van der Waals surface area contributed by atoms with Crippen LogP contribution in [-0.2, 0) is 11.2 Å². The van der Waals surface area contributed by atoms with Crippen molar-refractivity contribution in [2.24, 2.45) is 0 Å². The summed E-state index contributed by atoms with van der Waals surface area (Å²) in [6, 6.07) is 7.87. The Bertz CT molecular complexity index is 1200. The van der Waals surface area contributed by atoms with Crippen molar-refractivity contribution in [1.29, 1.82) is 0 Å². The van der Waals surface area contributed by atoms with Crippen LogP contribution < -0.4 is 14.8 Å². The highest BCUT2D eigenvalue weighted by Gasteiger charge is 2.31. The van der Waals surface area contributed by atoms with E-state index in [4.69, 9.17) is 16.3 Å². The molecule has 1 heterocycles. The number of aromatic nitrogens is 1. The molecule has 6 nitrogen and oxygen atoms in total. The van der Waals surface area contributed by atoms with Gasteiger partial charge in [-0.2, -0.15) is 0 Å². The number of carbonyl (C=O) groups is 2. The summed E-state index contributed by atoms with van der Waals surface area (Å²) in [6.07, 6.45) is -3.01. The van der Waals surface area contributed by atoms with Crippen LogP contribution in [0.4, 0.5) is 13.2 Å². The Morgan fingerprint density at radius 2 is 1.82 bits per heavy atom. The van der Waals surface area contributed by atoms with Gasteiger partial charge in [0.25, 0.3) is 5.91 Å². The molecule has 0 bridgehead atoms. The van der Waals surface area contributed by atoms with E-state index in [0.717, 1.165) is 25.0 Å². The minimum atomic E-state index is -4.83. The molecule has 10 heteroatoms. The van der Waals surface area contributed by atoms with Crippen LogP contribution in [0.3, 0.4) is 0 Å². The Labute approximate surface area is 199 Å². The number of carbonyl (C=O) groups excluding carboxylic acids is 2. The second kappa shape index (κ2) is 10.4. The van der Waals surface area contributed by atoms with Crippen LogP contribution in [0.15, 0.2) is 36.4 Å². The first-order valence-electron chi connectivity index (χ1n) is 10.6. The third kappa shape index (κ3) is 5.64. The number of amides is 1. The summed E-state index contributed by atoms with van der Waals surface area (Å²) in [4.78, 5) is 25.9. The van der Waals surface area contributed by atoms with Crippen LogP contribution >= 0.6 is 11.6 Å². The van der Waals surface area contributed by atoms with Crippen molar-refractivity contribution in [3.63, 3.8) is 0 Å². The van der Waals surface area contributed by atoms with Crippen LogP contribution in [0.1, 0.15) is 41.4 Å². The van der Waals surface area contributed by atoms with Crippen LogP contribution in [0.2, 0.25) is 5.02 Å². The Morgan fingerprint density at radius 1 is 1.15 bits per heavy atom. The molecule has 3 rings (SSSR count). The molecule has 0 spiro atoms. The number of fused-ring (bicyclic) bond motifs is 1. The molecule has 0 radical (unpaired) electrons. The second-order valence-electron chi connectivity index (χ2n) is 7.66. The first-order chi connectivity index (χ1) is 16.1. The zero-order chi connectivity index (χ0) is 25.0. The van der Waals surface area contributed by atoms with Crippen molar-refractivity contribution < 1.29 is 32.2 Å². The monoisotopic (exact) mass is 496 g/mol.